The summed E-state index contributed by atoms with van der Waals surface area (Å²) in [6.45, 7) is 1.48. The highest BCUT2D eigenvalue weighted by Crippen LogP contribution is 2.26. The number of halogens is 2. The van der Waals surface area contributed by atoms with Crippen LogP contribution in [0.1, 0.15) is 56.1 Å². The lowest BCUT2D eigenvalue weighted by Gasteiger charge is -2.38. The maximum absolute atomic E-state index is 13.0. The number of alkyl halides is 2. The molecule has 10 heteroatoms. The highest BCUT2D eigenvalue weighted by molar-refractivity contribution is 5.92. The minimum atomic E-state index is -2.87. The Morgan fingerprint density at radius 3 is 2.66 bits per heavy atom. The largest absolute Gasteiger partial charge is 0.388 e. The predicted molar refractivity (Wildman–Crippen MR) is 101 cm³/mol. The molecular formula is C19H29F2N5O3. The average molecular weight is 413 g/mol. The first-order valence-electron chi connectivity index (χ1n) is 10.1. The zero-order chi connectivity index (χ0) is 21.0. The number of nitrogens with one attached hydrogen (secondary N) is 1. The number of carbonyl (C=O) groups is 2. The molecule has 2 aliphatic rings. The van der Waals surface area contributed by atoms with Crippen LogP contribution in [0.5, 0.6) is 0 Å². The van der Waals surface area contributed by atoms with Gasteiger partial charge >= 0.3 is 6.55 Å². The molecule has 0 spiro atoms. The van der Waals surface area contributed by atoms with Crippen LogP contribution in [0.2, 0.25) is 0 Å². The Kier molecular flexibility index (Phi) is 6.84. The van der Waals surface area contributed by atoms with E-state index in [0.717, 1.165) is 25.9 Å². The fraction of sp³-hybridized carbons (Fsp3) is 0.737. The van der Waals surface area contributed by atoms with Crippen molar-refractivity contribution < 1.29 is 23.5 Å². The van der Waals surface area contributed by atoms with E-state index < -0.39 is 18.1 Å². The monoisotopic (exact) mass is 413 g/mol. The number of piperidine rings is 1. The van der Waals surface area contributed by atoms with Gasteiger partial charge in [-0.05, 0) is 38.2 Å². The van der Waals surface area contributed by atoms with Gasteiger partial charge in [-0.25, -0.2) is 0 Å². The molecule has 3 heterocycles. The molecule has 2 N–H and O–H groups in total. The molecule has 1 aromatic heterocycles. The molecule has 0 saturated carbocycles. The normalized spacial score (nSPS) is 24.5. The molecule has 1 aromatic rings. The second-order valence-corrected chi connectivity index (χ2v) is 8.06. The van der Waals surface area contributed by atoms with Crippen LogP contribution < -0.4 is 5.32 Å². The molecule has 0 aromatic carbocycles. The number of likely N-dealkylation sites (tertiary alicyclic amines) is 2. The van der Waals surface area contributed by atoms with Gasteiger partial charge in [0.1, 0.15) is 5.69 Å². The van der Waals surface area contributed by atoms with E-state index in [9.17, 15) is 23.5 Å². The van der Waals surface area contributed by atoms with Gasteiger partial charge in [0.2, 0.25) is 5.91 Å². The molecule has 1 atom stereocenters. The summed E-state index contributed by atoms with van der Waals surface area (Å²) in [4.78, 5) is 27.6. The van der Waals surface area contributed by atoms with Crippen molar-refractivity contribution in [2.24, 2.45) is 0 Å². The Hall–Kier alpha value is -2.07. The van der Waals surface area contributed by atoms with Gasteiger partial charge in [0, 0.05) is 51.9 Å². The summed E-state index contributed by atoms with van der Waals surface area (Å²) >= 11 is 0. The third kappa shape index (κ3) is 5.51. The zero-order valence-corrected chi connectivity index (χ0v) is 16.7. The van der Waals surface area contributed by atoms with Gasteiger partial charge in [-0.1, -0.05) is 0 Å². The molecule has 0 aliphatic carbocycles. The number of rotatable bonds is 5. The zero-order valence-electron chi connectivity index (χ0n) is 16.7. The number of hydrogen-bond donors (Lipinski definition) is 2. The van der Waals surface area contributed by atoms with Gasteiger partial charge < -0.3 is 20.2 Å². The van der Waals surface area contributed by atoms with Crippen molar-refractivity contribution in [2.45, 2.75) is 57.2 Å². The van der Waals surface area contributed by atoms with E-state index in [-0.39, 0.29) is 17.6 Å². The van der Waals surface area contributed by atoms with Crippen molar-refractivity contribution in [3.05, 3.63) is 18.0 Å². The first-order valence-corrected chi connectivity index (χ1v) is 10.1. The smallest absolute Gasteiger partial charge is 0.333 e. The van der Waals surface area contributed by atoms with E-state index in [2.05, 4.69) is 15.3 Å². The summed E-state index contributed by atoms with van der Waals surface area (Å²) in [7, 11) is 0. The van der Waals surface area contributed by atoms with Crippen molar-refractivity contribution in [1.82, 2.24) is 24.9 Å². The van der Waals surface area contributed by atoms with Crippen LogP contribution >= 0.6 is 0 Å². The summed E-state index contributed by atoms with van der Waals surface area (Å²) in [6.07, 6.45) is 4.44. The standard InChI is InChI=1S/C19H29F2N5O3/c1-14(27)23-15-4-10-24(11-5-15)13-19(29)6-2-9-25(12-7-19)17(28)16-3-8-22-26(16)18(20)21/h3,8,15,18,29H,2,4-7,9-13H2,1H3,(H,23,27). The van der Waals surface area contributed by atoms with Crippen LogP contribution in [0, 0.1) is 0 Å². The number of nitrogens with zero attached hydrogens (tertiary/aromatic N) is 4. The molecule has 29 heavy (non-hydrogen) atoms. The lowest BCUT2D eigenvalue weighted by atomic mass is 9.93. The maximum atomic E-state index is 13.0. The third-order valence-corrected chi connectivity index (χ3v) is 5.79. The Bertz CT molecular complexity index is 720. The number of carbonyl (C=O) groups excluding carboxylic acids is 2. The maximum Gasteiger partial charge on any atom is 0.333 e. The Morgan fingerprint density at radius 1 is 1.28 bits per heavy atom. The van der Waals surface area contributed by atoms with Crippen LogP contribution in [0.4, 0.5) is 8.78 Å². The van der Waals surface area contributed by atoms with E-state index in [0.29, 0.717) is 43.6 Å². The second-order valence-electron chi connectivity index (χ2n) is 8.06. The van der Waals surface area contributed by atoms with Crippen molar-refractivity contribution in [3.63, 3.8) is 0 Å². The van der Waals surface area contributed by atoms with Crippen LogP contribution in [0.15, 0.2) is 12.3 Å². The van der Waals surface area contributed by atoms with Gasteiger partial charge in [0.05, 0.1) is 5.60 Å². The Labute approximate surface area is 168 Å². The average Bonchev–Trinajstić information content (AvgIpc) is 3.07. The molecule has 8 nitrogen and oxygen atoms in total. The molecule has 2 saturated heterocycles. The first-order chi connectivity index (χ1) is 13.8. The van der Waals surface area contributed by atoms with Gasteiger partial charge in [0.15, 0.2) is 0 Å². The van der Waals surface area contributed by atoms with Crippen LogP contribution in [-0.4, -0.2) is 80.9 Å². The van der Waals surface area contributed by atoms with E-state index in [1.165, 1.54) is 24.1 Å². The van der Waals surface area contributed by atoms with Crippen molar-refractivity contribution in [3.8, 4) is 0 Å². The minimum absolute atomic E-state index is 0.0243. The number of hydrogen-bond acceptors (Lipinski definition) is 5. The molecule has 2 amide bonds. The number of aromatic nitrogens is 2. The van der Waals surface area contributed by atoms with Gasteiger partial charge in [-0.15, -0.1) is 0 Å². The highest BCUT2D eigenvalue weighted by Gasteiger charge is 2.35. The lowest BCUT2D eigenvalue weighted by molar-refractivity contribution is -0.120. The molecule has 0 radical (unpaired) electrons. The summed E-state index contributed by atoms with van der Waals surface area (Å²) in [5.74, 6) is -0.507. The molecular weight excluding hydrogens is 384 g/mol. The summed E-state index contributed by atoms with van der Waals surface area (Å²) in [6, 6.07) is 1.48. The van der Waals surface area contributed by atoms with Gasteiger partial charge in [0.25, 0.3) is 5.91 Å². The number of aliphatic hydroxyl groups is 1. The lowest BCUT2D eigenvalue weighted by Crippen LogP contribution is -2.50. The van der Waals surface area contributed by atoms with E-state index in [1.54, 1.807) is 0 Å². The fourth-order valence-corrected chi connectivity index (χ4v) is 4.28. The molecule has 2 fully saturated rings. The highest BCUT2D eigenvalue weighted by atomic mass is 19.3. The number of β-amino-alcohol motifs (C(OH)–C–C–N with tert-alkyl or cyclic N) is 1. The summed E-state index contributed by atoms with van der Waals surface area (Å²) < 4.78 is 26.5. The fourth-order valence-electron chi connectivity index (χ4n) is 4.28. The van der Waals surface area contributed by atoms with Crippen LogP contribution in [0.25, 0.3) is 0 Å². The van der Waals surface area contributed by atoms with E-state index >= 15 is 0 Å². The van der Waals surface area contributed by atoms with Crippen LogP contribution in [-0.2, 0) is 4.79 Å². The predicted octanol–water partition coefficient (Wildman–Crippen LogP) is 1.24. The molecule has 0 bridgehead atoms. The number of amides is 2. The van der Waals surface area contributed by atoms with Crippen LogP contribution in [0.3, 0.4) is 0 Å². The second kappa shape index (κ2) is 9.17. The Balaban J connectivity index is 1.54. The third-order valence-electron chi connectivity index (χ3n) is 5.79. The van der Waals surface area contributed by atoms with Crippen molar-refractivity contribution in [1.29, 1.82) is 0 Å². The quantitative estimate of drug-likeness (QED) is 0.758. The minimum Gasteiger partial charge on any atom is -0.388 e. The molecule has 162 valence electrons. The molecule has 1 unspecified atom stereocenters. The van der Waals surface area contributed by atoms with Gasteiger partial charge in [-0.3, -0.25) is 9.59 Å². The van der Waals surface area contributed by atoms with E-state index in [4.69, 9.17) is 0 Å². The summed E-state index contributed by atoms with van der Waals surface area (Å²) in [5, 5.41) is 17.6. The molecule has 2 aliphatic heterocycles. The first kappa shape index (κ1) is 21.6. The molecule has 3 rings (SSSR count). The topological polar surface area (TPSA) is 90.7 Å². The summed E-state index contributed by atoms with van der Waals surface area (Å²) in [5.41, 5.74) is -1.05. The van der Waals surface area contributed by atoms with Gasteiger partial charge in [-0.2, -0.15) is 18.6 Å². The van der Waals surface area contributed by atoms with Crippen molar-refractivity contribution >= 4 is 11.8 Å². The van der Waals surface area contributed by atoms with Crippen molar-refractivity contribution in [2.75, 3.05) is 32.7 Å². The van der Waals surface area contributed by atoms with E-state index in [1.807, 2.05) is 0 Å². The SMILES string of the molecule is CC(=O)NC1CCN(CC2(O)CCCN(C(=O)c3ccnn3C(F)F)CC2)CC1. The Morgan fingerprint density at radius 2 is 2.00 bits per heavy atom.